The average Bonchev–Trinajstić information content (AvgIpc) is 2.85. The zero-order valence-electron chi connectivity index (χ0n) is 12.4. The maximum absolute atomic E-state index is 12.3. The first-order valence-electron chi connectivity index (χ1n) is 7.04. The Labute approximate surface area is 133 Å². The lowest BCUT2D eigenvalue weighted by molar-refractivity contribution is 0.0938. The zero-order valence-corrected chi connectivity index (χ0v) is 13.1. The molecule has 22 heavy (non-hydrogen) atoms. The van der Waals surface area contributed by atoms with Crippen molar-refractivity contribution in [3.63, 3.8) is 0 Å². The summed E-state index contributed by atoms with van der Waals surface area (Å²) in [6.45, 7) is 1.91. The second-order valence-electron chi connectivity index (χ2n) is 5.19. The fourth-order valence-electron chi connectivity index (χ4n) is 2.54. The number of hydrogen-bond donors (Lipinski definition) is 1. The standard InChI is InChI=1S/C17H16ClN3O/c1-11(19-17(22)12-7-3-4-8-13(12)18)16-20-14-9-5-6-10-15(14)21(16)2/h3-11H,1-2H3,(H,19,22). The van der Waals surface area contributed by atoms with E-state index in [0.29, 0.717) is 10.6 Å². The van der Waals surface area contributed by atoms with Gasteiger partial charge in [0.25, 0.3) is 5.91 Å². The highest BCUT2D eigenvalue weighted by molar-refractivity contribution is 6.33. The van der Waals surface area contributed by atoms with Gasteiger partial charge >= 0.3 is 0 Å². The third kappa shape index (κ3) is 2.57. The minimum Gasteiger partial charge on any atom is -0.342 e. The molecule has 1 aromatic heterocycles. The van der Waals surface area contributed by atoms with Crippen LogP contribution < -0.4 is 5.32 Å². The SMILES string of the molecule is CC(NC(=O)c1ccccc1Cl)c1nc2ccccc2n1C. The van der Waals surface area contributed by atoms with Crippen molar-refractivity contribution in [2.45, 2.75) is 13.0 Å². The number of halogens is 1. The van der Waals surface area contributed by atoms with Gasteiger partial charge in [0.15, 0.2) is 0 Å². The van der Waals surface area contributed by atoms with Gasteiger partial charge in [-0.25, -0.2) is 4.98 Å². The van der Waals surface area contributed by atoms with Gasteiger partial charge < -0.3 is 9.88 Å². The number of hydrogen-bond acceptors (Lipinski definition) is 2. The number of nitrogens with zero attached hydrogens (tertiary/aromatic N) is 2. The molecule has 3 rings (SSSR count). The molecule has 5 heteroatoms. The van der Waals surface area contributed by atoms with Gasteiger partial charge in [0.2, 0.25) is 0 Å². The van der Waals surface area contributed by atoms with Crippen LogP contribution in [0.25, 0.3) is 11.0 Å². The molecule has 0 radical (unpaired) electrons. The van der Waals surface area contributed by atoms with Crippen LogP contribution in [0.2, 0.25) is 5.02 Å². The van der Waals surface area contributed by atoms with Crippen molar-refractivity contribution in [1.82, 2.24) is 14.9 Å². The van der Waals surface area contributed by atoms with Crippen LogP contribution in [0.5, 0.6) is 0 Å². The van der Waals surface area contributed by atoms with Gasteiger partial charge in [-0.3, -0.25) is 4.79 Å². The number of benzene rings is 2. The van der Waals surface area contributed by atoms with Crippen molar-refractivity contribution < 1.29 is 4.79 Å². The summed E-state index contributed by atoms with van der Waals surface area (Å²) in [6, 6.07) is 14.7. The Bertz CT molecular complexity index is 841. The van der Waals surface area contributed by atoms with Gasteiger partial charge in [0.05, 0.1) is 27.7 Å². The van der Waals surface area contributed by atoms with Crippen LogP contribution in [-0.4, -0.2) is 15.5 Å². The van der Waals surface area contributed by atoms with E-state index in [1.807, 2.05) is 42.8 Å². The molecule has 0 aliphatic heterocycles. The molecule has 1 atom stereocenters. The number of amides is 1. The number of rotatable bonds is 3. The fraction of sp³-hybridized carbons (Fsp3) is 0.176. The highest BCUT2D eigenvalue weighted by Gasteiger charge is 2.18. The first-order valence-corrected chi connectivity index (χ1v) is 7.42. The summed E-state index contributed by atoms with van der Waals surface area (Å²) in [6.07, 6.45) is 0. The van der Waals surface area contributed by atoms with Gasteiger partial charge in [-0.15, -0.1) is 0 Å². The molecule has 0 aliphatic rings. The molecule has 0 saturated carbocycles. The molecule has 0 aliphatic carbocycles. The van der Waals surface area contributed by atoms with Crippen LogP contribution in [0.3, 0.4) is 0 Å². The molecule has 1 heterocycles. The van der Waals surface area contributed by atoms with Crippen molar-refractivity contribution in [1.29, 1.82) is 0 Å². The quantitative estimate of drug-likeness (QED) is 0.801. The number of carbonyl (C=O) groups excluding carboxylic acids is 1. The molecule has 0 fully saturated rings. The van der Waals surface area contributed by atoms with E-state index in [1.54, 1.807) is 24.3 Å². The number of para-hydroxylation sites is 2. The Morgan fingerprint density at radius 3 is 2.59 bits per heavy atom. The molecule has 4 nitrogen and oxygen atoms in total. The van der Waals surface area contributed by atoms with Gasteiger partial charge in [-0.2, -0.15) is 0 Å². The molecule has 0 spiro atoms. The second kappa shape index (κ2) is 5.81. The molecule has 0 bridgehead atoms. The van der Waals surface area contributed by atoms with Crippen LogP contribution >= 0.6 is 11.6 Å². The monoisotopic (exact) mass is 313 g/mol. The van der Waals surface area contributed by atoms with Gasteiger partial charge in [-0.1, -0.05) is 35.9 Å². The Hall–Kier alpha value is -2.33. The molecular weight excluding hydrogens is 298 g/mol. The molecule has 1 amide bonds. The van der Waals surface area contributed by atoms with E-state index in [1.165, 1.54) is 0 Å². The number of imidazole rings is 1. The summed E-state index contributed by atoms with van der Waals surface area (Å²) in [5.74, 6) is 0.603. The van der Waals surface area contributed by atoms with E-state index in [9.17, 15) is 4.79 Å². The van der Waals surface area contributed by atoms with E-state index < -0.39 is 0 Å². The fourth-order valence-corrected chi connectivity index (χ4v) is 2.76. The third-order valence-electron chi connectivity index (χ3n) is 3.68. The molecular formula is C17H16ClN3O. The normalized spacial score (nSPS) is 12.3. The predicted molar refractivity (Wildman–Crippen MR) is 88.0 cm³/mol. The van der Waals surface area contributed by atoms with E-state index in [2.05, 4.69) is 10.3 Å². The lowest BCUT2D eigenvalue weighted by Crippen LogP contribution is -2.28. The molecule has 1 N–H and O–H groups in total. The van der Waals surface area contributed by atoms with Crippen molar-refractivity contribution >= 4 is 28.5 Å². The topological polar surface area (TPSA) is 46.9 Å². The van der Waals surface area contributed by atoms with E-state index in [0.717, 1.165) is 16.9 Å². The lowest BCUT2D eigenvalue weighted by atomic mass is 10.2. The highest BCUT2D eigenvalue weighted by Crippen LogP contribution is 2.20. The third-order valence-corrected chi connectivity index (χ3v) is 4.00. The molecule has 112 valence electrons. The largest absolute Gasteiger partial charge is 0.342 e. The minimum atomic E-state index is -0.221. The number of nitrogens with one attached hydrogen (secondary N) is 1. The smallest absolute Gasteiger partial charge is 0.253 e. The van der Waals surface area contributed by atoms with Crippen molar-refractivity contribution in [3.05, 3.63) is 64.9 Å². The maximum atomic E-state index is 12.3. The minimum absolute atomic E-state index is 0.204. The lowest BCUT2D eigenvalue weighted by Gasteiger charge is -2.14. The number of aryl methyl sites for hydroxylation is 1. The van der Waals surface area contributed by atoms with Crippen LogP contribution in [0.15, 0.2) is 48.5 Å². The number of fused-ring (bicyclic) bond motifs is 1. The summed E-state index contributed by atoms with van der Waals surface area (Å²) in [7, 11) is 1.95. The van der Waals surface area contributed by atoms with Gasteiger partial charge in [0, 0.05) is 7.05 Å². The van der Waals surface area contributed by atoms with Crippen LogP contribution in [0, 0.1) is 0 Å². The molecule has 2 aromatic carbocycles. The Kier molecular flexibility index (Phi) is 3.86. The van der Waals surface area contributed by atoms with E-state index >= 15 is 0 Å². The summed E-state index contributed by atoms with van der Waals surface area (Å²) >= 11 is 6.06. The first-order chi connectivity index (χ1) is 10.6. The van der Waals surface area contributed by atoms with E-state index in [-0.39, 0.29) is 11.9 Å². The molecule has 3 aromatic rings. The van der Waals surface area contributed by atoms with Crippen molar-refractivity contribution in [2.75, 3.05) is 0 Å². The van der Waals surface area contributed by atoms with Crippen LogP contribution in [-0.2, 0) is 7.05 Å². The number of aromatic nitrogens is 2. The predicted octanol–water partition coefficient (Wildman–Crippen LogP) is 3.72. The Morgan fingerprint density at radius 2 is 1.86 bits per heavy atom. The maximum Gasteiger partial charge on any atom is 0.253 e. The molecule has 1 unspecified atom stereocenters. The van der Waals surface area contributed by atoms with Crippen molar-refractivity contribution in [2.24, 2.45) is 7.05 Å². The number of carbonyl (C=O) groups is 1. The van der Waals surface area contributed by atoms with Gasteiger partial charge in [-0.05, 0) is 31.2 Å². The first kappa shape index (κ1) is 14.6. The summed E-state index contributed by atoms with van der Waals surface area (Å²) in [5, 5.41) is 3.39. The summed E-state index contributed by atoms with van der Waals surface area (Å²) in [5.41, 5.74) is 2.42. The molecule has 0 saturated heterocycles. The van der Waals surface area contributed by atoms with Crippen LogP contribution in [0.1, 0.15) is 29.1 Å². The van der Waals surface area contributed by atoms with Crippen molar-refractivity contribution in [3.8, 4) is 0 Å². The second-order valence-corrected chi connectivity index (χ2v) is 5.60. The Balaban J connectivity index is 1.87. The zero-order chi connectivity index (χ0) is 15.7. The van der Waals surface area contributed by atoms with Gasteiger partial charge in [0.1, 0.15) is 5.82 Å². The Morgan fingerprint density at radius 1 is 1.18 bits per heavy atom. The highest BCUT2D eigenvalue weighted by atomic mass is 35.5. The average molecular weight is 314 g/mol. The van der Waals surface area contributed by atoms with Crippen LogP contribution in [0.4, 0.5) is 0 Å². The summed E-state index contributed by atoms with van der Waals surface area (Å²) < 4.78 is 1.99. The van der Waals surface area contributed by atoms with E-state index in [4.69, 9.17) is 11.6 Å². The summed E-state index contributed by atoms with van der Waals surface area (Å²) in [4.78, 5) is 16.9.